The zero-order valence-electron chi connectivity index (χ0n) is 9.74. The van der Waals surface area contributed by atoms with Gasteiger partial charge in [0.05, 0.1) is 6.33 Å². The number of aryl methyl sites for hydroxylation is 3. The Labute approximate surface area is 96.7 Å². The van der Waals surface area contributed by atoms with E-state index < -0.39 is 0 Å². The fourth-order valence-corrected chi connectivity index (χ4v) is 1.82. The Morgan fingerprint density at radius 2 is 1.81 bits per heavy atom. The lowest BCUT2D eigenvalue weighted by Gasteiger charge is -2.01. The van der Waals surface area contributed by atoms with Gasteiger partial charge in [0.1, 0.15) is 0 Å². The van der Waals surface area contributed by atoms with Crippen LogP contribution in [0.4, 0.5) is 0 Å². The fraction of sp³-hybridized carbons (Fsp3) is 0.357. The van der Waals surface area contributed by atoms with E-state index in [0.29, 0.717) is 0 Å². The van der Waals surface area contributed by atoms with E-state index in [9.17, 15) is 0 Å². The largest absolute Gasteiger partial charge is 0.348 e. The molecule has 84 valence electrons. The Balaban J connectivity index is 1.70. The minimum atomic E-state index is 1.10. The molecule has 0 radical (unpaired) electrons. The highest BCUT2D eigenvalue weighted by Gasteiger charge is 1.96. The smallest absolute Gasteiger partial charge is 0.0921 e. The van der Waals surface area contributed by atoms with Gasteiger partial charge in [-0.3, -0.25) is 0 Å². The van der Waals surface area contributed by atoms with Crippen LogP contribution >= 0.6 is 0 Å². The summed E-state index contributed by atoms with van der Waals surface area (Å²) in [5.41, 5.74) is 4.01. The molecule has 2 aromatic rings. The average Bonchev–Trinajstić information content (AvgIpc) is 2.80. The first-order chi connectivity index (χ1) is 7.84. The van der Waals surface area contributed by atoms with Gasteiger partial charge in [0, 0.05) is 11.9 Å². The molecule has 0 bridgehead atoms. The Morgan fingerprint density at radius 3 is 2.50 bits per heavy atom. The standard InChI is InChI=1S/C14H18N2/c1-12-6-8-13(9-7-12)4-2-3-5-14-10-15-11-16-14/h6-11H,2-5H2,1H3,(H,15,16). The van der Waals surface area contributed by atoms with Gasteiger partial charge in [-0.25, -0.2) is 4.98 Å². The van der Waals surface area contributed by atoms with Crippen molar-refractivity contribution in [3.63, 3.8) is 0 Å². The van der Waals surface area contributed by atoms with E-state index in [1.54, 1.807) is 6.33 Å². The van der Waals surface area contributed by atoms with Crippen LogP contribution in [0.5, 0.6) is 0 Å². The molecule has 16 heavy (non-hydrogen) atoms. The molecule has 1 N–H and O–H groups in total. The summed E-state index contributed by atoms with van der Waals surface area (Å²) >= 11 is 0. The van der Waals surface area contributed by atoms with Crippen molar-refractivity contribution in [2.45, 2.75) is 32.6 Å². The molecule has 1 heterocycles. The van der Waals surface area contributed by atoms with Crippen LogP contribution in [0, 0.1) is 6.92 Å². The first-order valence-corrected chi connectivity index (χ1v) is 5.87. The van der Waals surface area contributed by atoms with Crippen LogP contribution < -0.4 is 0 Å². The molecule has 0 spiro atoms. The number of aromatic nitrogens is 2. The second kappa shape index (κ2) is 5.50. The average molecular weight is 214 g/mol. The second-order valence-electron chi connectivity index (χ2n) is 4.27. The molecule has 0 unspecified atom stereocenters. The number of nitrogens with one attached hydrogen (secondary N) is 1. The van der Waals surface area contributed by atoms with Crippen LogP contribution in [0.3, 0.4) is 0 Å². The van der Waals surface area contributed by atoms with E-state index in [-0.39, 0.29) is 0 Å². The quantitative estimate of drug-likeness (QED) is 0.760. The molecule has 0 fully saturated rings. The minimum absolute atomic E-state index is 1.10. The van der Waals surface area contributed by atoms with Crippen molar-refractivity contribution in [3.8, 4) is 0 Å². The highest BCUT2D eigenvalue weighted by molar-refractivity contribution is 5.21. The zero-order chi connectivity index (χ0) is 11.2. The normalized spacial score (nSPS) is 10.6. The number of aromatic amines is 1. The van der Waals surface area contributed by atoms with Crippen LogP contribution in [0.15, 0.2) is 36.8 Å². The van der Waals surface area contributed by atoms with E-state index in [1.165, 1.54) is 36.1 Å². The summed E-state index contributed by atoms with van der Waals surface area (Å²) in [5, 5.41) is 0. The summed E-state index contributed by atoms with van der Waals surface area (Å²) in [6, 6.07) is 8.82. The summed E-state index contributed by atoms with van der Waals surface area (Å²) in [6.45, 7) is 2.13. The Bertz CT molecular complexity index is 401. The van der Waals surface area contributed by atoms with Gasteiger partial charge in [-0.2, -0.15) is 0 Å². The zero-order valence-corrected chi connectivity index (χ0v) is 9.74. The van der Waals surface area contributed by atoms with Gasteiger partial charge < -0.3 is 4.98 Å². The van der Waals surface area contributed by atoms with Crippen LogP contribution in [0.2, 0.25) is 0 Å². The molecule has 2 heteroatoms. The lowest BCUT2D eigenvalue weighted by molar-refractivity contribution is 0.725. The molecule has 0 saturated carbocycles. The predicted molar refractivity (Wildman–Crippen MR) is 66.4 cm³/mol. The van der Waals surface area contributed by atoms with Gasteiger partial charge in [0.15, 0.2) is 0 Å². The second-order valence-corrected chi connectivity index (χ2v) is 4.27. The van der Waals surface area contributed by atoms with Crippen molar-refractivity contribution in [3.05, 3.63) is 53.6 Å². The summed E-state index contributed by atoms with van der Waals surface area (Å²) in [6.07, 6.45) is 8.39. The Kier molecular flexibility index (Phi) is 3.76. The van der Waals surface area contributed by atoms with Crippen molar-refractivity contribution in [2.75, 3.05) is 0 Å². The van der Waals surface area contributed by atoms with Crippen molar-refractivity contribution in [1.82, 2.24) is 9.97 Å². The van der Waals surface area contributed by atoms with Crippen molar-refractivity contribution in [2.24, 2.45) is 0 Å². The van der Waals surface area contributed by atoms with Gasteiger partial charge in [-0.05, 0) is 38.2 Å². The third-order valence-corrected chi connectivity index (χ3v) is 2.84. The lowest BCUT2D eigenvalue weighted by atomic mass is 10.1. The maximum absolute atomic E-state index is 4.01. The number of nitrogens with zero attached hydrogens (tertiary/aromatic N) is 1. The molecule has 2 nitrogen and oxygen atoms in total. The van der Waals surface area contributed by atoms with Crippen LogP contribution in [-0.2, 0) is 12.8 Å². The van der Waals surface area contributed by atoms with Gasteiger partial charge in [-0.1, -0.05) is 29.8 Å². The number of hydrogen-bond donors (Lipinski definition) is 1. The van der Waals surface area contributed by atoms with Gasteiger partial charge >= 0.3 is 0 Å². The number of benzene rings is 1. The van der Waals surface area contributed by atoms with Crippen molar-refractivity contribution in [1.29, 1.82) is 0 Å². The predicted octanol–water partition coefficient (Wildman–Crippen LogP) is 3.28. The maximum Gasteiger partial charge on any atom is 0.0921 e. The number of unbranched alkanes of at least 4 members (excludes halogenated alkanes) is 1. The van der Waals surface area contributed by atoms with Crippen LogP contribution in [-0.4, -0.2) is 9.97 Å². The molecular formula is C14H18N2. The molecular weight excluding hydrogens is 196 g/mol. The van der Waals surface area contributed by atoms with Crippen LogP contribution in [0.1, 0.15) is 29.7 Å². The van der Waals surface area contributed by atoms with Gasteiger partial charge in [0.25, 0.3) is 0 Å². The lowest BCUT2D eigenvalue weighted by Crippen LogP contribution is -1.89. The van der Waals surface area contributed by atoms with E-state index in [4.69, 9.17) is 0 Å². The molecule has 0 amide bonds. The molecule has 0 aliphatic carbocycles. The summed E-state index contributed by atoms with van der Waals surface area (Å²) in [7, 11) is 0. The molecule has 1 aromatic heterocycles. The van der Waals surface area contributed by atoms with Gasteiger partial charge in [-0.15, -0.1) is 0 Å². The van der Waals surface area contributed by atoms with E-state index in [0.717, 1.165) is 6.42 Å². The van der Waals surface area contributed by atoms with Crippen LogP contribution in [0.25, 0.3) is 0 Å². The van der Waals surface area contributed by atoms with E-state index in [2.05, 4.69) is 41.2 Å². The van der Waals surface area contributed by atoms with E-state index in [1.807, 2.05) is 6.20 Å². The third kappa shape index (κ3) is 3.23. The minimum Gasteiger partial charge on any atom is -0.348 e. The van der Waals surface area contributed by atoms with E-state index >= 15 is 0 Å². The molecule has 2 rings (SSSR count). The molecule has 0 saturated heterocycles. The molecule has 0 aliphatic heterocycles. The molecule has 0 aliphatic rings. The topological polar surface area (TPSA) is 28.7 Å². The van der Waals surface area contributed by atoms with Crippen molar-refractivity contribution < 1.29 is 0 Å². The first kappa shape index (κ1) is 10.9. The van der Waals surface area contributed by atoms with Crippen molar-refractivity contribution >= 4 is 0 Å². The fourth-order valence-electron chi connectivity index (χ4n) is 1.82. The van der Waals surface area contributed by atoms with Gasteiger partial charge in [0.2, 0.25) is 0 Å². The maximum atomic E-state index is 4.01. The highest BCUT2D eigenvalue weighted by Crippen LogP contribution is 2.08. The number of imidazole rings is 1. The Hall–Kier alpha value is -1.57. The summed E-state index contributed by atoms with van der Waals surface area (Å²) < 4.78 is 0. The molecule has 0 atom stereocenters. The number of H-pyrrole nitrogens is 1. The third-order valence-electron chi connectivity index (χ3n) is 2.84. The first-order valence-electron chi connectivity index (χ1n) is 5.87. The molecule has 1 aromatic carbocycles. The number of hydrogen-bond acceptors (Lipinski definition) is 1. The monoisotopic (exact) mass is 214 g/mol. The SMILES string of the molecule is Cc1ccc(CCCCc2cnc[nH]2)cc1. The summed E-state index contributed by atoms with van der Waals surface area (Å²) in [4.78, 5) is 7.15. The highest BCUT2D eigenvalue weighted by atomic mass is 14.9. The summed E-state index contributed by atoms with van der Waals surface area (Å²) in [5.74, 6) is 0. The number of rotatable bonds is 5. The Morgan fingerprint density at radius 1 is 1.06 bits per heavy atom.